The van der Waals surface area contributed by atoms with E-state index in [0.717, 1.165) is 12.1 Å². The van der Waals surface area contributed by atoms with E-state index in [1.165, 1.54) is 36.4 Å². The standard InChI is InChI=1S/C21H18O8/c22-10-2-3-12-17(8-10)29-21(9-1-4-13(24)14(25)5-9)20(28)18(12)19-15(26)6-11(23)7-16(19)27/h1-8,18,20-28H/t18-,20-,21+/m0/s1. The average Bonchev–Trinajstić information content (AvgIpc) is 2.64. The third-order valence-electron chi connectivity index (χ3n) is 5.00. The topological polar surface area (TPSA) is 151 Å². The van der Waals surface area contributed by atoms with Gasteiger partial charge in [0.2, 0.25) is 0 Å². The Bertz CT molecular complexity index is 1070. The third-order valence-corrected chi connectivity index (χ3v) is 5.00. The highest BCUT2D eigenvalue weighted by Gasteiger charge is 2.42. The lowest BCUT2D eigenvalue weighted by Gasteiger charge is -2.37. The van der Waals surface area contributed by atoms with Crippen LogP contribution in [0.4, 0.5) is 0 Å². The molecule has 1 aliphatic rings. The Morgan fingerprint density at radius 1 is 0.655 bits per heavy atom. The average molecular weight is 398 g/mol. The maximum atomic E-state index is 11.1. The van der Waals surface area contributed by atoms with Crippen molar-refractivity contribution in [2.24, 2.45) is 0 Å². The summed E-state index contributed by atoms with van der Waals surface area (Å²) in [4.78, 5) is 0. The molecule has 29 heavy (non-hydrogen) atoms. The molecule has 1 aliphatic heterocycles. The Morgan fingerprint density at radius 3 is 2.00 bits per heavy atom. The number of fused-ring (bicyclic) bond motifs is 1. The van der Waals surface area contributed by atoms with Crippen LogP contribution in [0.3, 0.4) is 0 Å². The number of aliphatic hydroxyl groups is 1. The summed E-state index contributed by atoms with van der Waals surface area (Å²) in [6, 6.07) is 10.2. The second-order valence-corrected chi connectivity index (χ2v) is 6.87. The third kappa shape index (κ3) is 3.09. The van der Waals surface area contributed by atoms with Crippen molar-refractivity contribution >= 4 is 0 Å². The predicted octanol–water partition coefficient (Wildman–Crippen LogP) is 2.55. The van der Waals surface area contributed by atoms with Crippen LogP contribution < -0.4 is 4.74 Å². The fourth-order valence-corrected chi connectivity index (χ4v) is 3.68. The van der Waals surface area contributed by atoms with Gasteiger partial charge in [0.25, 0.3) is 0 Å². The quantitative estimate of drug-likeness (QED) is 0.325. The Balaban J connectivity index is 1.91. The van der Waals surface area contributed by atoms with Gasteiger partial charge in [0.05, 0.1) is 0 Å². The summed E-state index contributed by atoms with van der Waals surface area (Å²) in [7, 11) is 0. The van der Waals surface area contributed by atoms with Crippen molar-refractivity contribution in [3.05, 3.63) is 65.2 Å². The molecule has 0 unspecified atom stereocenters. The largest absolute Gasteiger partial charge is 0.508 e. The number of hydrogen-bond donors (Lipinski definition) is 7. The summed E-state index contributed by atoms with van der Waals surface area (Å²) in [5.74, 6) is -2.85. The highest BCUT2D eigenvalue weighted by atomic mass is 16.5. The lowest BCUT2D eigenvalue weighted by molar-refractivity contribution is 0.00734. The molecule has 3 aromatic carbocycles. The van der Waals surface area contributed by atoms with E-state index < -0.39 is 35.4 Å². The maximum absolute atomic E-state index is 11.1. The molecule has 4 rings (SSSR count). The van der Waals surface area contributed by atoms with Gasteiger partial charge in [-0.05, 0) is 23.8 Å². The second kappa shape index (κ2) is 6.68. The first-order valence-corrected chi connectivity index (χ1v) is 8.70. The zero-order valence-corrected chi connectivity index (χ0v) is 14.9. The van der Waals surface area contributed by atoms with Crippen molar-refractivity contribution < 1.29 is 40.5 Å². The highest BCUT2D eigenvalue weighted by Crippen LogP contribution is 2.51. The molecule has 150 valence electrons. The van der Waals surface area contributed by atoms with Crippen LogP contribution in [0.1, 0.15) is 28.7 Å². The molecule has 3 aromatic rings. The number of benzene rings is 3. The second-order valence-electron chi connectivity index (χ2n) is 6.87. The van der Waals surface area contributed by atoms with E-state index >= 15 is 0 Å². The predicted molar refractivity (Wildman–Crippen MR) is 101 cm³/mol. The molecule has 7 N–H and O–H groups in total. The van der Waals surface area contributed by atoms with Gasteiger partial charge in [-0.15, -0.1) is 0 Å². The summed E-state index contributed by atoms with van der Waals surface area (Å²) in [5.41, 5.74) is 0.689. The zero-order valence-electron chi connectivity index (χ0n) is 14.9. The highest BCUT2D eigenvalue weighted by molar-refractivity contribution is 5.58. The normalized spacial score (nSPS) is 20.7. The van der Waals surface area contributed by atoms with E-state index in [2.05, 4.69) is 0 Å². The van der Waals surface area contributed by atoms with Crippen LogP contribution in [-0.4, -0.2) is 41.8 Å². The minimum Gasteiger partial charge on any atom is -0.508 e. The molecule has 0 saturated heterocycles. The molecule has 1 heterocycles. The molecule has 0 aromatic heterocycles. The molecule has 8 nitrogen and oxygen atoms in total. The molecule has 8 heteroatoms. The summed E-state index contributed by atoms with van der Waals surface area (Å²) < 4.78 is 5.85. The Morgan fingerprint density at radius 2 is 1.34 bits per heavy atom. The Kier molecular flexibility index (Phi) is 4.28. The van der Waals surface area contributed by atoms with Crippen LogP contribution in [0.15, 0.2) is 48.5 Å². The van der Waals surface area contributed by atoms with Crippen LogP contribution >= 0.6 is 0 Å². The molecule has 0 saturated carbocycles. The van der Waals surface area contributed by atoms with Crippen LogP contribution in [0.5, 0.6) is 40.2 Å². The van der Waals surface area contributed by atoms with Gasteiger partial charge in [0, 0.05) is 35.2 Å². The molecule has 0 amide bonds. The monoisotopic (exact) mass is 398 g/mol. The van der Waals surface area contributed by atoms with Gasteiger partial charge in [-0.2, -0.15) is 0 Å². The molecule has 0 spiro atoms. The van der Waals surface area contributed by atoms with Crippen LogP contribution in [0, 0.1) is 0 Å². The van der Waals surface area contributed by atoms with Crippen molar-refractivity contribution in [3.63, 3.8) is 0 Å². The Hall–Kier alpha value is -3.78. The summed E-state index contributed by atoms with van der Waals surface area (Å²) in [5, 5.41) is 70.7. The number of aromatic hydroxyl groups is 6. The van der Waals surface area contributed by atoms with Crippen LogP contribution in [-0.2, 0) is 0 Å². The lowest BCUT2D eigenvalue weighted by atomic mass is 9.79. The molecule has 0 radical (unpaired) electrons. The van der Waals surface area contributed by atoms with Gasteiger partial charge in [0.15, 0.2) is 17.6 Å². The number of ether oxygens (including phenoxy) is 1. The van der Waals surface area contributed by atoms with Gasteiger partial charge in [-0.3, -0.25) is 0 Å². The SMILES string of the molecule is Oc1cc(O)c([C@@H]2c3ccc(O)cc3O[C@H](c3ccc(O)c(O)c3)[C@H]2O)c(O)c1. The van der Waals surface area contributed by atoms with Crippen LogP contribution in [0.2, 0.25) is 0 Å². The fraction of sp³-hybridized carbons (Fsp3) is 0.143. The van der Waals surface area contributed by atoms with Crippen molar-refractivity contribution in [1.82, 2.24) is 0 Å². The summed E-state index contributed by atoms with van der Waals surface area (Å²) in [6.45, 7) is 0. The number of hydrogen-bond acceptors (Lipinski definition) is 8. The number of aliphatic hydroxyl groups excluding tert-OH is 1. The lowest BCUT2D eigenvalue weighted by Crippen LogP contribution is -2.35. The van der Waals surface area contributed by atoms with Gasteiger partial charge >= 0.3 is 0 Å². The van der Waals surface area contributed by atoms with E-state index in [1.807, 2.05) is 0 Å². The van der Waals surface area contributed by atoms with E-state index in [9.17, 15) is 35.7 Å². The minimum absolute atomic E-state index is 0.0291. The van der Waals surface area contributed by atoms with Gasteiger partial charge in [-0.1, -0.05) is 12.1 Å². The molecule has 0 fully saturated rings. The maximum Gasteiger partial charge on any atom is 0.157 e. The molecule has 0 aliphatic carbocycles. The van der Waals surface area contributed by atoms with Crippen molar-refractivity contribution in [2.75, 3.05) is 0 Å². The first-order chi connectivity index (χ1) is 13.8. The van der Waals surface area contributed by atoms with Gasteiger partial charge in [-0.25, -0.2) is 0 Å². The molecular formula is C21H18O8. The number of phenols is 6. The zero-order chi connectivity index (χ0) is 20.9. The fourth-order valence-electron chi connectivity index (χ4n) is 3.68. The molecule has 0 bridgehead atoms. The van der Waals surface area contributed by atoms with Crippen molar-refractivity contribution in [1.29, 1.82) is 0 Å². The van der Waals surface area contributed by atoms with E-state index in [-0.39, 0.29) is 28.6 Å². The number of phenolic OH excluding ortho intramolecular Hbond substituents is 6. The first kappa shape index (κ1) is 18.6. The van der Waals surface area contributed by atoms with E-state index in [0.29, 0.717) is 11.1 Å². The van der Waals surface area contributed by atoms with Gasteiger partial charge in [0.1, 0.15) is 34.9 Å². The van der Waals surface area contributed by atoms with Crippen LogP contribution in [0.25, 0.3) is 0 Å². The first-order valence-electron chi connectivity index (χ1n) is 8.70. The van der Waals surface area contributed by atoms with E-state index in [4.69, 9.17) is 4.74 Å². The minimum atomic E-state index is -1.34. The Labute approximate surface area is 164 Å². The molecular weight excluding hydrogens is 380 g/mol. The summed E-state index contributed by atoms with van der Waals surface area (Å²) in [6.07, 6.45) is -2.40. The number of rotatable bonds is 2. The van der Waals surface area contributed by atoms with Crippen molar-refractivity contribution in [3.8, 4) is 40.2 Å². The van der Waals surface area contributed by atoms with E-state index in [1.54, 1.807) is 0 Å². The van der Waals surface area contributed by atoms with Gasteiger partial charge < -0.3 is 40.5 Å². The molecule has 3 atom stereocenters. The smallest absolute Gasteiger partial charge is 0.157 e. The van der Waals surface area contributed by atoms with Crippen molar-refractivity contribution in [2.45, 2.75) is 18.1 Å². The summed E-state index contributed by atoms with van der Waals surface area (Å²) >= 11 is 0.